The summed E-state index contributed by atoms with van der Waals surface area (Å²) in [5, 5.41) is 8.43. The van der Waals surface area contributed by atoms with Crippen LogP contribution >= 0.6 is 0 Å². The maximum absolute atomic E-state index is 10.3. The highest BCUT2D eigenvalue weighted by molar-refractivity contribution is 5.67. The van der Waals surface area contributed by atoms with Gasteiger partial charge in [0.1, 0.15) is 6.61 Å². The van der Waals surface area contributed by atoms with Crippen molar-refractivity contribution < 1.29 is 14.6 Å². The summed E-state index contributed by atoms with van der Waals surface area (Å²) in [4.78, 5) is 10.3. The molecule has 0 amide bonds. The van der Waals surface area contributed by atoms with Crippen LogP contribution in [0.1, 0.15) is 53.4 Å². The molecule has 0 spiro atoms. The number of rotatable bonds is 10. The van der Waals surface area contributed by atoms with Gasteiger partial charge in [0.05, 0.1) is 6.61 Å². The molecule has 0 fully saturated rings. The van der Waals surface area contributed by atoms with E-state index in [1.54, 1.807) is 0 Å². The Kier molecular flexibility index (Phi) is 10.7. The number of ether oxygens (including phenoxy) is 1. The van der Waals surface area contributed by atoms with Crippen LogP contribution < -0.4 is 0 Å². The molecule has 0 saturated carbocycles. The van der Waals surface area contributed by atoms with Crippen LogP contribution in [0.4, 0.5) is 0 Å². The molecule has 0 aliphatic carbocycles. The molecular weight excluding hydrogens is 252 g/mol. The molecule has 0 radical (unpaired) electrons. The Morgan fingerprint density at radius 3 is 2.05 bits per heavy atom. The van der Waals surface area contributed by atoms with Crippen LogP contribution in [0.25, 0.3) is 0 Å². The molecule has 0 aliphatic rings. The summed E-state index contributed by atoms with van der Waals surface area (Å²) in [5.74, 6) is -0.925. The summed E-state index contributed by atoms with van der Waals surface area (Å²) in [6.07, 6.45) is 10.8. The Bertz CT molecular complexity index is 372. The SMILES string of the molecule is CC(C)=CCCC(C)=CCCC(C)=CCOCC(=O)O. The van der Waals surface area contributed by atoms with E-state index in [0.717, 1.165) is 25.7 Å². The third kappa shape index (κ3) is 13.1. The third-order valence-electron chi connectivity index (χ3n) is 2.90. The number of hydrogen-bond donors (Lipinski definition) is 1. The second-order valence-corrected chi connectivity index (χ2v) is 5.37. The lowest BCUT2D eigenvalue weighted by molar-refractivity contribution is -0.141. The van der Waals surface area contributed by atoms with Gasteiger partial charge in [0.2, 0.25) is 0 Å². The zero-order valence-electron chi connectivity index (χ0n) is 13.2. The summed E-state index contributed by atoms with van der Waals surface area (Å²) in [7, 11) is 0. The predicted octanol–water partition coefficient (Wildman–Crippen LogP) is 4.51. The van der Waals surface area contributed by atoms with Crippen molar-refractivity contribution in [2.75, 3.05) is 13.2 Å². The number of carboxylic acid groups (broad SMARTS) is 1. The number of carboxylic acids is 1. The lowest BCUT2D eigenvalue weighted by Crippen LogP contribution is -2.06. The van der Waals surface area contributed by atoms with E-state index in [1.807, 2.05) is 6.08 Å². The Morgan fingerprint density at radius 1 is 0.950 bits per heavy atom. The van der Waals surface area contributed by atoms with Crippen molar-refractivity contribution in [1.82, 2.24) is 0 Å². The van der Waals surface area contributed by atoms with Crippen molar-refractivity contribution in [3.63, 3.8) is 0 Å². The van der Waals surface area contributed by atoms with Gasteiger partial charge in [-0.05, 0) is 53.4 Å². The zero-order valence-corrected chi connectivity index (χ0v) is 13.2. The van der Waals surface area contributed by atoms with E-state index in [2.05, 4.69) is 39.8 Å². The highest BCUT2D eigenvalue weighted by atomic mass is 16.5. The Morgan fingerprint density at radius 2 is 1.50 bits per heavy atom. The van der Waals surface area contributed by atoms with Crippen LogP contribution in [0.2, 0.25) is 0 Å². The maximum atomic E-state index is 10.3. The zero-order chi connectivity index (χ0) is 15.4. The monoisotopic (exact) mass is 280 g/mol. The van der Waals surface area contributed by atoms with Gasteiger partial charge in [-0.15, -0.1) is 0 Å². The molecule has 20 heavy (non-hydrogen) atoms. The number of allylic oxidation sites excluding steroid dienone is 5. The fourth-order valence-corrected chi connectivity index (χ4v) is 1.69. The third-order valence-corrected chi connectivity index (χ3v) is 2.90. The smallest absolute Gasteiger partial charge is 0.329 e. The molecule has 0 saturated heterocycles. The molecule has 0 bridgehead atoms. The first kappa shape index (κ1) is 18.7. The number of aliphatic carboxylic acids is 1. The number of carbonyl (C=O) groups is 1. The summed E-state index contributed by atoms with van der Waals surface area (Å²) in [6.45, 7) is 8.62. The molecule has 0 aromatic heterocycles. The van der Waals surface area contributed by atoms with Gasteiger partial charge in [0.15, 0.2) is 0 Å². The molecule has 3 nitrogen and oxygen atoms in total. The first-order valence-corrected chi connectivity index (χ1v) is 7.16. The maximum Gasteiger partial charge on any atom is 0.329 e. The van der Waals surface area contributed by atoms with E-state index in [9.17, 15) is 4.79 Å². The molecule has 0 atom stereocenters. The van der Waals surface area contributed by atoms with Gasteiger partial charge in [-0.3, -0.25) is 0 Å². The van der Waals surface area contributed by atoms with E-state index in [-0.39, 0.29) is 6.61 Å². The minimum atomic E-state index is -0.925. The molecule has 3 heteroatoms. The predicted molar refractivity (Wildman–Crippen MR) is 83.9 cm³/mol. The van der Waals surface area contributed by atoms with Crippen LogP contribution in [0.15, 0.2) is 34.9 Å². The normalized spacial score (nSPS) is 12.4. The quantitative estimate of drug-likeness (QED) is 0.473. The van der Waals surface area contributed by atoms with E-state index in [4.69, 9.17) is 9.84 Å². The first-order valence-electron chi connectivity index (χ1n) is 7.16. The minimum absolute atomic E-state index is 0.229. The Balaban J connectivity index is 3.82. The minimum Gasteiger partial charge on any atom is -0.480 e. The molecule has 0 aromatic rings. The summed E-state index contributed by atoms with van der Waals surface area (Å²) in [5.41, 5.74) is 4.04. The van der Waals surface area contributed by atoms with Crippen molar-refractivity contribution in [2.24, 2.45) is 0 Å². The van der Waals surface area contributed by atoms with Gasteiger partial charge in [-0.25, -0.2) is 4.79 Å². The van der Waals surface area contributed by atoms with E-state index >= 15 is 0 Å². The van der Waals surface area contributed by atoms with Gasteiger partial charge in [-0.2, -0.15) is 0 Å². The van der Waals surface area contributed by atoms with Gasteiger partial charge >= 0.3 is 5.97 Å². The van der Waals surface area contributed by atoms with Crippen molar-refractivity contribution in [3.05, 3.63) is 34.9 Å². The Hall–Kier alpha value is -1.35. The van der Waals surface area contributed by atoms with E-state index < -0.39 is 5.97 Å². The van der Waals surface area contributed by atoms with Crippen molar-refractivity contribution in [1.29, 1.82) is 0 Å². The van der Waals surface area contributed by atoms with Crippen LogP contribution in [-0.4, -0.2) is 24.3 Å². The van der Waals surface area contributed by atoms with Crippen molar-refractivity contribution in [3.8, 4) is 0 Å². The molecule has 0 rings (SSSR count). The molecule has 114 valence electrons. The second kappa shape index (κ2) is 11.5. The van der Waals surface area contributed by atoms with Crippen molar-refractivity contribution in [2.45, 2.75) is 53.4 Å². The molecule has 0 heterocycles. The molecule has 0 unspecified atom stereocenters. The Labute approximate surface area is 123 Å². The van der Waals surface area contributed by atoms with Gasteiger partial charge in [-0.1, -0.05) is 34.9 Å². The fraction of sp³-hybridized carbons (Fsp3) is 0.588. The van der Waals surface area contributed by atoms with Crippen LogP contribution in [0.3, 0.4) is 0 Å². The topological polar surface area (TPSA) is 46.5 Å². The average Bonchev–Trinajstić information content (AvgIpc) is 2.34. The molecule has 0 aromatic carbocycles. The molecule has 0 aliphatic heterocycles. The summed E-state index contributed by atoms with van der Waals surface area (Å²) < 4.78 is 4.97. The summed E-state index contributed by atoms with van der Waals surface area (Å²) >= 11 is 0. The van der Waals surface area contributed by atoms with E-state index in [1.165, 1.54) is 16.7 Å². The highest BCUT2D eigenvalue weighted by Gasteiger charge is 1.95. The van der Waals surface area contributed by atoms with E-state index in [0.29, 0.717) is 6.61 Å². The second-order valence-electron chi connectivity index (χ2n) is 5.37. The lowest BCUT2D eigenvalue weighted by Gasteiger charge is -2.02. The average molecular weight is 280 g/mol. The van der Waals surface area contributed by atoms with Crippen molar-refractivity contribution >= 4 is 5.97 Å². The first-order chi connectivity index (χ1) is 9.41. The molecular formula is C17H28O3. The van der Waals surface area contributed by atoms with Gasteiger partial charge < -0.3 is 9.84 Å². The van der Waals surface area contributed by atoms with Gasteiger partial charge in [0, 0.05) is 0 Å². The molecule has 1 N–H and O–H groups in total. The van der Waals surface area contributed by atoms with Gasteiger partial charge in [0.25, 0.3) is 0 Å². The fourth-order valence-electron chi connectivity index (χ4n) is 1.69. The standard InChI is InChI=1S/C17H28O3/c1-14(2)7-5-8-15(3)9-6-10-16(4)11-12-20-13-17(18)19/h7,9,11H,5-6,8,10,12-13H2,1-4H3,(H,18,19). The van der Waals surface area contributed by atoms with Crippen LogP contribution in [-0.2, 0) is 9.53 Å². The van der Waals surface area contributed by atoms with Crippen LogP contribution in [0.5, 0.6) is 0 Å². The lowest BCUT2D eigenvalue weighted by atomic mass is 10.1. The largest absolute Gasteiger partial charge is 0.480 e. The highest BCUT2D eigenvalue weighted by Crippen LogP contribution is 2.11. The van der Waals surface area contributed by atoms with Crippen LogP contribution in [0, 0.1) is 0 Å². The summed E-state index contributed by atoms with van der Waals surface area (Å²) in [6, 6.07) is 0. The number of hydrogen-bond acceptors (Lipinski definition) is 2.